The van der Waals surface area contributed by atoms with Crippen LogP contribution in [0.4, 0.5) is 4.39 Å². The van der Waals surface area contributed by atoms with Crippen molar-refractivity contribution in [3.8, 4) is 11.8 Å². The zero-order valence-electron chi connectivity index (χ0n) is 10.4. The van der Waals surface area contributed by atoms with E-state index >= 15 is 0 Å². The van der Waals surface area contributed by atoms with E-state index in [1.54, 1.807) is 6.07 Å². The van der Waals surface area contributed by atoms with Gasteiger partial charge in [-0.15, -0.1) is 0 Å². The maximum Gasteiger partial charge on any atom is 0.124 e. The number of hydrogen-bond acceptors (Lipinski definition) is 0. The molecule has 0 aliphatic carbocycles. The van der Waals surface area contributed by atoms with Gasteiger partial charge in [-0.1, -0.05) is 55.2 Å². The summed E-state index contributed by atoms with van der Waals surface area (Å²) in [4.78, 5) is 0. The molecule has 0 aliphatic heterocycles. The lowest BCUT2D eigenvalue weighted by molar-refractivity contribution is 0.627. The van der Waals surface area contributed by atoms with E-state index in [9.17, 15) is 4.39 Å². The summed E-state index contributed by atoms with van der Waals surface area (Å²) in [6.45, 7) is 2.11. The first-order chi connectivity index (χ1) is 8.79. The molecule has 0 spiro atoms. The second kappa shape index (κ2) is 6.02. The van der Waals surface area contributed by atoms with Crippen LogP contribution in [-0.2, 0) is 0 Å². The molecule has 0 aliphatic rings. The summed E-state index contributed by atoms with van der Waals surface area (Å²) in [6, 6.07) is 16.6. The quantitative estimate of drug-likeness (QED) is 0.681. The number of benzene rings is 2. The van der Waals surface area contributed by atoms with Crippen LogP contribution >= 0.6 is 0 Å². The van der Waals surface area contributed by atoms with Gasteiger partial charge in [0.2, 0.25) is 0 Å². The molecule has 0 saturated heterocycles. The van der Waals surface area contributed by atoms with Gasteiger partial charge in [0, 0.05) is 11.5 Å². The van der Waals surface area contributed by atoms with Crippen molar-refractivity contribution in [1.82, 2.24) is 0 Å². The fourth-order valence-electron chi connectivity index (χ4n) is 1.84. The second-order valence-corrected chi connectivity index (χ2v) is 4.15. The van der Waals surface area contributed by atoms with Gasteiger partial charge in [0.05, 0.1) is 0 Å². The van der Waals surface area contributed by atoms with E-state index in [4.69, 9.17) is 0 Å². The van der Waals surface area contributed by atoms with Gasteiger partial charge >= 0.3 is 0 Å². The molecule has 90 valence electrons. The van der Waals surface area contributed by atoms with Crippen LogP contribution in [0.3, 0.4) is 0 Å². The molecule has 0 aromatic heterocycles. The molecule has 0 radical (unpaired) electrons. The third-order valence-corrected chi connectivity index (χ3v) is 2.83. The van der Waals surface area contributed by atoms with Crippen molar-refractivity contribution in [2.75, 3.05) is 0 Å². The Labute approximate surface area is 107 Å². The van der Waals surface area contributed by atoms with E-state index in [0.29, 0.717) is 0 Å². The monoisotopic (exact) mass is 238 g/mol. The van der Waals surface area contributed by atoms with Crippen molar-refractivity contribution in [3.05, 3.63) is 71.5 Å². The third kappa shape index (κ3) is 3.21. The smallest absolute Gasteiger partial charge is 0.124 e. The molecular formula is C17H15F. The van der Waals surface area contributed by atoms with Crippen LogP contribution in [0.15, 0.2) is 54.6 Å². The molecule has 2 aromatic carbocycles. The first-order valence-electron chi connectivity index (χ1n) is 6.11. The van der Waals surface area contributed by atoms with Crippen LogP contribution < -0.4 is 0 Å². The van der Waals surface area contributed by atoms with Crippen LogP contribution in [0.5, 0.6) is 0 Å². The van der Waals surface area contributed by atoms with Crippen molar-refractivity contribution >= 4 is 0 Å². The van der Waals surface area contributed by atoms with Crippen molar-refractivity contribution in [2.45, 2.75) is 19.3 Å². The lowest BCUT2D eigenvalue weighted by Gasteiger charge is -2.07. The van der Waals surface area contributed by atoms with E-state index in [2.05, 4.69) is 30.9 Å². The van der Waals surface area contributed by atoms with Gasteiger partial charge in [0.15, 0.2) is 0 Å². The Hall–Kier alpha value is -2.07. The zero-order valence-corrected chi connectivity index (χ0v) is 10.4. The van der Waals surface area contributed by atoms with E-state index in [-0.39, 0.29) is 11.7 Å². The molecule has 1 heteroatoms. The minimum absolute atomic E-state index is 0.203. The van der Waals surface area contributed by atoms with Gasteiger partial charge < -0.3 is 0 Å². The average molecular weight is 238 g/mol. The van der Waals surface area contributed by atoms with Crippen molar-refractivity contribution < 1.29 is 4.39 Å². The molecule has 0 bridgehead atoms. The normalized spacial score (nSPS) is 11.4. The maximum absolute atomic E-state index is 13.0. The largest absolute Gasteiger partial charge is 0.207 e. The predicted octanol–water partition coefficient (Wildman–Crippen LogP) is 4.37. The maximum atomic E-state index is 13.0. The lowest BCUT2D eigenvalue weighted by atomic mass is 9.97. The number of rotatable bonds is 2. The number of halogens is 1. The molecule has 0 nitrogen and oxygen atoms in total. The Balaban J connectivity index is 2.22. The lowest BCUT2D eigenvalue weighted by Crippen LogP contribution is -1.93. The van der Waals surface area contributed by atoms with E-state index in [0.717, 1.165) is 12.0 Å². The molecule has 18 heavy (non-hydrogen) atoms. The summed E-state index contributed by atoms with van der Waals surface area (Å²) in [7, 11) is 0. The molecule has 0 unspecified atom stereocenters. The SMILES string of the molecule is CC[C@@H](C#Cc1cccc(F)c1)c1ccccc1. The van der Waals surface area contributed by atoms with Crippen LogP contribution in [0.1, 0.15) is 30.4 Å². The fraction of sp³-hybridized carbons (Fsp3) is 0.176. The third-order valence-electron chi connectivity index (χ3n) is 2.83. The van der Waals surface area contributed by atoms with Crippen LogP contribution in [0.2, 0.25) is 0 Å². The summed E-state index contributed by atoms with van der Waals surface area (Å²) in [5, 5.41) is 0. The molecular weight excluding hydrogens is 223 g/mol. The Morgan fingerprint density at radius 1 is 1.06 bits per heavy atom. The van der Waals surface area contributed by atoms with E-state index in [1.165, 1.54) is 17.7 Å². The summed E-state index contributed by atoms with van der Waals surface area (Å²) in [5.41, 5.74) is 1.94. The van der Waals surface area contributed by atoms with Crippen molar-refractivity contribution in [1.29, 1.82) is 0 Å². The van der Waals surface area contributed by atoms with E-state index in [1.807, 2.05) is 24.3 Å². The zero-order chi connectivity index (χ0) is 12.8. The van der Waals surface area contributed by atoms with Crippen LogP contribution in [-0.4, -0.2) is 0 Å². The highest BCUT2D eigenvalue weighted by Crippen LogP contribution is 2.18. The number of hydrogen-bond donors (Lipinski definition) is 0. The molecule has 0 amide bonds. The standard InChI is InChI=1S/C17H15F/c1-2-15(16-8-4-3-5-9-16)12-11-14-7-6-10-17(18)13-14/h3-10,13,15H,2H2,1H3/t15-/m0/s1. The average Bonchev–Trinajstić information content (AvgIpc) is 2.41. The topological polar surface area (TPSA) is 0 Å². The van der Waals surface area contributed by atoms with Gasteiger partial charge in [0.25, 0.3) is 0 Å². The van der Waals surface area contributed by atoms with Gasteiger partial charge in [-0.25, -0.2) is 4.39 Å². The van der Waals surface area contributed by atoms with Gasteiger partial charge in [-0.3, -0.25) is 0 Å². The summed E-state index contributed by atoms with van der Waals surface area (Å²) in [5.74, 6) is 6.22. The Morgan fingerprint density at radius 2 is 1.83 bits per heavy atom. The first kappa shape index (κ1) is 12.4. The Bertz CT molecular complexity index is 561. The molecule has 2 rings (SSSR count). The molecule has 0 fully saturated rings. The summed E-state index contributed by atoms with van der Waals surface area (Å²) < 4.78 is 13.0. The first-order valence-corrected chi connectivity index (χ1v) is 6.11. The summed E-state index contributed by atoms with van der Waals surface area (Å²) in [6.07, 6.45) is 0.951. The minimum Gasteiger partial charge on any atom is -0.207 e. The van der Waals surface area contributed by atoms with Gasteiger partial charge in [-0.2, -0.15) is 0 Å². The van der Waals surface area contributed by atoms with Crippen LogP contribution in [0, 0.1) is 17.7 Å². The van der Waals surface area contributed by atoms with Crippen LogP contribution in [0.25, 0.3) is 0 Å². The molecule has 0 heterocycles. The predicted molar refractivity (Wildman–Crippen MR) is 72.8 cm³/mol. The Kier molecular flexibility index (Phi) is 4.15. The minimum atomic E-state index is -0.241. The highest BCUT2D eigenvalue weighted by Gasteiger charge is 2.04. The summed E-state index contributed by atoms with van der Waals surface area (Å²) >= 11 is 0. The highest BCUT2D eigenvalue weighted by atomic mass is 19.1. The fourth-order valence-corrected chi connectivity index (χ4v) is 1.84. The molecule has 0 saturated carbocycles. The molecule has 0 N–H and O–H groups in total. The van der Waals surface area contributed by atoms with Gasteiger partial charge in [0.1, 0.15) is 5.82 Å². The highest BCUT2D eigenvalue weighted by molar-refractivity contribution is 5.38. The molecule has 1 atom stereocenters. The Morgan fingerprint density at radius 3 is 2.50 bits per heavy atom. The molecule has 2 aromatic rings. The van der Waals surface area contributed by atoms with Crippen molar-refractivity contribution in [2.24, 2.45) is 0 Å². The second-order valence-electron chi connectivity index (χ2n) is 4.15. The van der Waals surface area contributed by atoms with Gasteiger partial charge in [-0.05, 0) is 30.2 Å². The van der Waals surface area contributed by atoms with Crippen molar-refractivity contribution in [3.63, 3.8) is 0 Å². The van der Waals surface area contributed by atoms with E-state index < -0.39 is 0 Å².